The van der Waals surface area contributed by atoms with Gasteiger partial charge in [-0.05, 0) is 216 Å². The number of hydrogen-bond donors (Lipinski definition) is 1. The number of Topliss-reactive ketones (excluding diaryl/α,β-unsaturated/α-hetero) is 3. The summed E-state index contributed by atoms with van der Waals surface area (Å²) >= 11 is 6.15. The third-order valence-corrected chi connectivity index (χ3v) is 23.7. The second-order valence-electron chi connectivity index (χ2n) is 32.7. The standard InChI is InChI=1S/C30H28N2O5.C26H20ClNO5.C26H24N2O7.C24H21N3O5/c1-3-36-30(34)28-27(26-13-8-16-37-26)24(19-31)25(32-29(28)21-10-5-4-6-11-21)15-14-22(33)17-20-9-7-12-23(18-20)35-2;1-14-4-7-17(8-5-14)23(29)16(3)33-26(32)18-9-11-20-21(12-18)25(31)28(24(20)30)19-10-6-15(2)22(27)13-19;29-23-19-7-5-15(11-21(19)25(31)27(23)13-17-3-1-9-33-17)35-16-6-8-20-22(12-16)26(32)28(24(20)30)14-18-4-2-10-34-18;1-2-30-24(29)17-9-7-16(8-10-17)15-18(28)11-12-21-25-22(19-5-3-13-31-19)23(27-26-21)20-6-4-14-32-20/h4-13,16,18,27,32H,3,14-15,17H2,1-2H3;4-13,16H,1-3H3;5-8,11-12,17-18H,1-4,9-10,13-14H2;3-10,13-14H,2,11-12,15H2,1H3. The van der Waals surface area contributed by atoms with E-state index >= 15 is 0 Å². The third kappa shape index (κ3) is 22.3. The van der Waals surface area contributed by atoms with E-state index in [-0.39, 0.29) is 132 Å². The van der Waals surface area contributed by atoms with Crippen LogP contribution in [0.1, 0.15) is 204 Å². The average molecular weight is 1870 g/mol. The number of anilines is 1. The maximum absolute atomic E-state index is 13.2. The smallest absolute Gasteiger partial charge is 0.338 e. The molecule has 12 aromatic rings. The van der Waals surface area contributed by atoms with Crippen LogP contribution in [0.25, 0.3) is 28.6 Å². The minimum absolute atomic E-state index is 0.0239. The summed E-state index contributed by atoms with van der Waals surface area (Å²) in [5.74, 6) is -1.80. The number of esters is 3. The Labute approximate surface area is 792 Å². The second-order valence-corrected chi connectivity index (χ2v) is 33.1. The van der Waals surface area contributed by atoms with Gasteiger partial charge in [-0.3, -0.25) is 53.0 Å². The molecule has 18 rings (SSSR count). The zero-order chi connectivity index (χ0) is 96.5. The summed E-state index contributed by atoms with van der Waals surface area (Å²) in [5.41, 5.74) is 9.80. The molecule has 0 bridgehead atoms. The quantitative estimate of drug-likeness (QED) is 0.0189. The summed E-state index contributed by atoms with van der Waals surface area (Å²) in [7, 11) is 1.59. The number of allylic oxidation sites excluding steroid dienone is 2. The van der Waals surface area contributed by atoms with Crippen LogP contribution in [0.4, 0.5) is 5.69 Å². The first-order valence-corrected chi connectivity index (χ1v) is 44.9. The van der Waals surface area contributed by atoms with Crippen LogP contribution in [-0.4, -0.2) is 161 Å². The van der Waals surface area contributed by atoms with Crippen molar-refractivity contribution in [3.05, 3.63) is 342 Å². The first-order valence-electron chi connectivity index (χ1n) is 44.5. The van der Waals surface area contributed by atoms with Crippen LogP contribution in [0.3, 0.4) is 0 Å². The van der Waals surface area contributed by atoms with Crippen molar-refractivity contribution < 1.29 is 104 Å². The summed E-state index contributed by atoms with van der Waals surface area (Å²) in [5, 5.41) is 22.4. The lowest BCUT2D eigenvalue weighted by molar-refractivity contribution is -0.138. The van der Waals surface area contributed by atoms with Crippen LogP contribution in [0.2, 0.25) is 5.02 Å². The van der Waals surface area contributed by atoms with Gasteiger partial charge >= 0.3 is 17.9 Å². The Hall–Kier alpha value is -16.0. The minimum atomic E-state index is -1.02. The van der Waals surface area contributed by atoms with Gasteiger partial charge in [0, 0.05) is 61.6 Å². The number of amides is 6. The Morgan fingerprint density at radius 3 is 1.68 bits per heavy atom. The summed E-state index contributed by atoms with van der Waals surface area (Å²) in [4.78, 5) is 161. The Morgan fingerprint density at radius 2 is 1.09 bits per heavy atom. The molecule has 2 fully saturated rings. The fraction of sp³-hybridized carbons (Fsp3) is 0.245. The predicted octanol–water partition coefficient (Wildman–Crippen LogP) is 17.8. The number of furan rings is 3. The highest BCUT2D eigenvalue weighted by atomic mass is 35.5. The molecular formula is C106H93ClN8O22. The molecule has 0 saturated carbocycles. The monoisotopic (exact) mass is 1860 g/mol. The van der Waals surface area contributed by atoms with Gasteiger partial charge < -0.3 is 51.7 Å². The Morgan fingerprint density at radius 1 is 0.533 bits per heavy atom. The molecule has 696 valence electrons. The average Bonchev–Trinajstić information content (AvgIpc) is 1.59. The fourth-order valence-electron chi connectivity index (χ4n) is 16.3. The number of carbonyl (C=O) groups is 12. The van der Waals surface area contributed by atoms with Gasteiger partial charge in [0.1, 0.15) is 40.3 Å². The lowest BCUT2D eigenvalue weighted by Crippen LogP contribution is -2.36. The van der Waals surface area contributed by atoms with Gasteiger partial charge in [-0.15, -0.1) is 10.2 Å². The maximum Gasteiger partial charge on any atom is 0.338 e. The Bertz CT molecular complexity index is 6620. The molecule has 1 N–H and O–H groups in total. The number of nitrogens with one attached hydrogen (secondary N) is 1. The molecular weight excluding hydrogens is 1770 g/mol. The Balaban J connectivity index is 0.000000139. The van der Waals surface area contributed by atoms with Gasteiger partial charge in [0.2, 0.25) is 5.78 Å². The van der Waals surface area contributed by atoms with Crippen LogP contribution in [0.15, 0.2) is 261 Å². The normalized spacial score (nSPS) is 15.9. The van der Waals surface area contributed by atoms with E-state index in [1.165, 1.54) is 53.3 Å². The number of aromatic nitrogens is 3. The van der Waals surface area contributed by atoms with E-state index in [1.807, 2.05) is 68.4 Å². The molecule has 4 unspecified atom stereocenters. The van der Waals surface area contributed by atoms with Crippen molar-refractivity contribution in [2.24, 2.45) is 0 Å². The molecule has 30 nitrogen and oxygen atoms in total. The molecule has 6 aliphatic heterocycles. The molecule has 31 heteroatoms. The van der Waals surface area contributed by atoms with Crippen LogP contribution in [0.5, 0.6) is 17.2 Å². The number of methoxy groups -OCH3 is 1. The van der Waals surface area contributed by atoms with Gasteiger partial charge in [0.25, 0.3) is 35.4 Å². The van der Waals surface area contributed by atoms with Crippen molar-refractivity contribution >= 4 is 93.7 Å². The van der Waals surface area contributed by atoms with Gasteiger partial charge in [-0.2, -0.15) is 5.26 Å². The van der Waals surface area contributed by atoms with Crippen LogP contribution in [0, 0.1) is 25.2 Å². The number of benzene rings is 8. The van der Waals surface area contributed by atoms with E-state index in [0.717, 1.165) is 58.4 Å². The number of rotatable bonds is 30. The number of imide groups is 3. The number of ether oxygens (including phenoxy) is 7. The molecule has 0 radical (unpaired) electrons. The first kappa shape index (κ1) is 95.6. The number of dihydropyridines is 1. The number of hydrogen-bond acceptors (Lipinski definition) is 27. The lowest BCUT2D eigenvalue weighted by atomic mass is 9.81. The fourth-order valence-corrected chi connectivity index (χ4v) is 16.5. The zero-order valence-corrected chi connectivity index (χ0v) is 76.3. The summed E-state index contributed by atoms with van der Waals surface area (Å²) in [6, 6.07) is 61.9. The van der Waals surface area contributed by atoms with Crippen molar-refractivity contribution in [1.82, 2.24) is 30.3 Å². The highest BCUT2D eigenvalue weighted by Crippen LogP contribution is 2.44. The first-order chi connectivity index (χ1) is 66.3. The molecule has 4 atom stereocenters. The zero-order valence-electron chi connectivity index (χ0n) is 75.6. The molecule has 2 saturated heterocycles. The third-order valence-electron chi connectivity index (χ3n) is 23.3. The Kier molecular flexibility index (Phi) is 30.6. The van der Waals surface area contributed by atoms with Crippen LogP contribution in [-0.2, 0) is 57.3 Å². The van der Waals surface area contributed by atoms with E-state index in [4.69, 9.17) is 58.0 Å². The maximum atomic E-state index is 13.2. The van der Waals surface area contributed by atoms with E-state index in [2.05, 4.69) is 26.6 Å². The molecule has 10 heterocycles. The van der Waals surface area contributed by atoms with Crippen LogP contribution >= 0.6 is 11.6 Å². The molecule has 6 amide bonds. The number of nitrogens with zero attached hydrogens (tertiary/aromatic N) is 7. The predicted molar refractivity (Wildman–Crippen MR) is 499 cm³/mol. The summed E-state index contributed by atoms with van der Waals surface area (Å²) < 4.78 is 54.6. The molecule has 4 aromatic heterocycles. The lowest BCUT2D eigenvalue weighted by Gasteiger charge is -2.30. The van der Waals surface area contributed by atoms with Gasteiger partial charge in [-0.25, -0.2) is 24.3 Å². The number of halogens is 1. The number of nitriles is 1. The number of fused-ring (bicyclic) bond motifs is 3. The molecule has 6 aliphatic rings. The summed E-state index contributed by atoms with van der Waals surface area (Å²) in [6.45, 7) is 11.0. The highest BCUT2D eigenvalue weighted by molar-refractivity contribution is 6.36. The minimum Gasteiger partial charge on any atom is -0.497 e. The second kappa shape index (κ2) is 43.8. The van der Waals surface area contributed by atoms with E-state index in [1.54, 1.807) is 161 Å². The van der Waals surface area contributed by atoms with Gasteiger partial charge in [0.05, 0.1) is 143 Å². The number of ketones is 3. The highest BCUT2D eigenvalue weighted by Gasteiger charge is 2.43. The van der Waals surface area contributed by atoms with E-state index < -0.39 is 35.8 Å². The van der Waals surface area contributed by atoms with Crippen molar-refractivity contribution in [1.29, 1.82) is 5.26 Å². The van der Waals surface area contributed by atoms with Crippen molar-refractivity contribution in [3.63, 3.8) is 0 Å². The van der Waals surface area contributed by atoms with Gasteiger partial charge in [-0.1, -0.05) is 102 Å². The van der Waals surface area contributed by atoms with Crippen molar-refractivity contribution in [2.75, 3.05) is 51.5 Å². The van der Waals surface area contributed by atoms with Crippen LogP contribution < -0.4 is 19.7 Å². The number of carbonyl (C=O) groups excluding carboxylic acids is 12. The van der Waals surface area contributed by atoms with E-state index in [9.17, 15) is 62.8 Å². The van der Waals surface area contributed by atoms with Gasteiger partial charge in [0.15, 0.2) is 29.1 Å². The SMILES string of the molecule is CCOC(=O)C1=C(c2ccccc2)NC(CCC(=O)Cc2cccc(OC)c2)=C(C#N)C1c1ccco1.CCOC(=O)c1ccc(CC(=O)CCc2nnc(-c3ccco3)c(-c3ccco3)n2)cc1.Cc1ccc(C(=O)C(C)OC(=O)c2ccc3c(c2)C(=O)N(c2ccc(C)c(Cl)c2)C3=O)cc1.O=C1c2ccc(Oc3ccc4c(c3)C(=O)N(CC3CCCO3)C4=O)cc2C(=O)N1CC1CCCO1. The van der Waals surface area contributed by atoms with E-state index in [0.29, 0.717) is 140 Å². The van der Waals surface area contributed by atoms with Crippen molar-refractivity contribution in [2.45, 2.75) is 123 Å². The number of aryl methyl sites for hydroxylation is 3. The summed E-state index contributed by atoms with van der Waals surface area (Å²) in [6.07, 6.45) is 8.48. The topological polar surface area (TPSA) is 393 Å². The molecule has 0 spiro atoms. The van der Waals surface area contributed by atoms with Crippen molar-refractivity contribution in [3.8, 4) is 46.2 Å². The molecule has 137 heavy (non-hydrogen) atoms. The largest absolute Gasteiger partial charge is 0.497 e. The molecule has 8 aromatic carbocycles. The molecule has 0 aliphatic carbocycles.